The van der Waals surface area contributed by atoms with Gasteiger partial charge in [0.2, 0.25) is 0 Å². The molecule has 0 unspecified atom stereocenters. The fourth-order valence-corrected chi connectivity index (χ4v) is 1.74. The zero-order valence-corrected chi connectivity index (χ0v) is 9.35. The molecule has 0 radical (unpaired) electrons. The smallest absolute Gasteiger partial charge is 0.256 e. The molecular weight excluding hydrogens is 209 g/mol. The minimum Gasteiger partial charge on any atom is -0.494 e. The molecule has 0 spiro atoms. The lowest BCUT2D eigenvalue weighted by Crippen LogP contribution is -2.10. The van der Waals surface area contributed by atoms with Gasteiger partial charge in [0.05, 0.1) is 12.5 Å². The lowest BCUT2D eigenvalue weighted by Gasteiger charge is -2.08. The van der Waals surface area contributed by atoms with E-state index in [2.05, 4.69) is 4.98 Å². The van der Waals surface area contributed by atoms with Crippen LogP contribution in [0, 0.1) is 19.7 Å². The molecule has 0 aliphatic rings. The zero-order chi connectivity index (χ0) is 11.9. The topological polar surface area (TPSA) is 42.1 Å². The van der Waals surface area contributed by atoms with Crippen molar-refractivity contribution in [1.82, 2.24) is 4.98 Å². The molecule has 0 saturated heterocycles. The molecule has 1 aromatic heterocycles. The maximum Gasteiger partial charge on any atom is 0.256 e. The highest BCUT2D eigenvalue weighted by Crippen LogP contribution is 2.25. The molecule has 16 heavy (non-hydrogen) atoms. The molecule has 0 atom stereocenters. The monoisotopic (exact) mass is 221 g/mol. The number of nitrogens with one attached hydrogen (secondary N) is 1. The number of rotatable bonds is 1. The fourth-order valence-electron chi connectivity index (χ4n) is 1.74. The van der Waals surface area contributed by atoms with Gasteiger partial charge in [-0.25, -0.2) is 4.39 Å². The number of methoxy groups -OCH3 is 1. The van der Waals surface area contributed by atoms with Crippen molar-refractivity contribution in [2.45, 2.75) is 13.8 Å². The van der Waals surface area contributed by atoms with Gasteiger partial charge in [-0.15, -0.1) is 0 Å². The van der Waals surface area contributed by atoms with Gasteiger partial charge < -0.3 is 9.72 Å². The molecule has 1 N–H and O–H groups in total. The van der Waals surface area contributed by atoms with Crippen LogP contribution in [0.25, 0.3) is 10.8 Å². The molecule has 0 aliphatic heterocycles. The molecule has 4 heteroatoms. The van der Waals surface area contributed by atoms with Crippen LogP contribution in [0.3, 0.4) is 0 Å². The van der Waals surface area contributed by atoms with Crippen LogP contribution in [-0.4, -0.2) is 12.1 Å². The molecule has 0 saturated carbocycles. The molecule has 0 fully saturated rings. The molecule has 2 rings (SSSR count). The van der Waals surface area contributed by atoms with Crippen LogP contribution in [0.5, 0.6) is 5.75 Å². The second kappa shape index (κ2) is 3.63. The minimum absolute atomic E-state index is 0.153. The van der Waals surface area contributed by atoms with Crippen LogP contribution in [0.2, 0.25) is 0 Å². The molecule has 0 bridgehead atoms. The number of hydrogen-bond donors (Lipinski definition) is 1. The van der Waals surface area contributed by atoms with Crippen molar-refractivity contribution in [3.05, 3.63) is 39.6 Å². The highest BCUT2D eigenvalue weighted by atomic mass is 19.1. The average molecular weight is 221 g/mol. The molecule has 2 aromatic rings. The number of ether oxygens (including phenoxy) is 1. The second-order valence-electron chi connectivity index (χ2n) is 3.74. The average Bonchev–Trinajstić information content (AvgIpc) is 2.25. The first kappa shape index (κ1) is 10.7. The summed E-state index contributed by atoms with van der Waals surface area (Å²) in [4.78, 5) is 14.3. The Morgan fingerprint density at radius 1 is 1.25 bits per heavy atom. The number of fused-ring (bicyclic) bond motifs is 1. The van der Waals surface area contributed by atoms with E-state index in [1.807, 2.05) is 13.8 Å². The SMILES string of the molecule is COc1cc2c(C)c(C)[nH]c(=O)c2cc1F. The lowest BCUT2D eigenvalue weighted by molar-refractivity contribution is 0.387. The summed E-state index contributed by atoms with van der Waals surface area (Å²) >= 11 is 0. The minimum atomic E-state index is -0.524. The van der Waals surface area contributed by atoms with E-state index in [-0.39, 0.29) is 11.3 Å². The Balaban J connectivity index is 2.96. The highest BCUT2D eigenvalue weighted by Gasteiger charge is 2.10. The van der Waals surface area contributed by atoms with Crippen LogP contribution in [-0.2, 0) is 0 Å². The number of aromatic nitrogens is 1. The normalized spacial score (nSPS) is 10.8. The first-order valence-electron chi connectivity index (χ1n) is 4.91. The van der Waals surface area contributed by atoms with E-state index in [9.17, 15) is 9.18 Å². The van der Waals surface area contributed by atoms with Crippen molar-refractivity contribution in [1.29, 1.82) is 0 Å². The Bertz CT molecular complexity index is 616. The maximum atomic E-state index is 13.5. The van der Waals surface area contributed by atoms with Gasteiger partial charge >= 0.3 is 0 Å². The van der Waals surface area contributed by atoms with Gasteiger partial charge in [-0.1, -0.05) is 0 Å². The van der Waals surface area contributed by atoms with Crippen molar-refractivity contribution in [3.63, 3.8) is 0 Å². The number of H-pyrrole nitrogens is 1. The van der Waals surface area contributed by atoms with Crippen molar-refractivity contribution >= 4 is 10.8 Å². The molecule has 1 heterocycles. The number of aryl methyl sites for hydroxylation is 2. The van der Waals surface area contributed by atoms with Gasteiger partial charge in [0.1, 0.15) is 0 Å². The Kier molecular flexibility index (Phi) is 2.42. The van der Waals surface area contributed by atoms with Crippen LogP contribution in [0.1, 0.15) is 11.3 Å². The summed E-state index contributed by atoms with van der Waals surface area (Å²) in [5, 5.41) is 1.07. The summed E-state index contributed by atoms with van der Waals surface area (Å²) in [7, 11) is 1.40. The summed E-state index contributed by atoms with van der Waals surface area (Å²) in [5.74, 6) is -0.371. The third kappa shape index (κ3) is 1.46. The third-order valence-corrected chi connectivity index (χ3v) is 2.80. The van der Waals surface area contributed by atoms with E-state index in [0.29, 0.717) is 5.39 Å². The Morgan fingerprint density at radius 3 is 2.56 bits per heavy atom. The Hall–Kier alpha value is -1.84. The highest BCUT2D eigenvalue weighted by molar-refractivity contribution is 5.86. The summed E-state index contributed by atoms with van der Waals surface area (Å²) in [6.45, 7) is 3.69. The molecule has 3 nitrogen and oxygen atoms in total. The number of pyridine rings is 1. The van der Waals surface area contributed by atoms with E-state index in [1.54, 1.807) is 6.07 Å². The fraction of sp³-hybridized carbons (Fsp3) is 0.250. The van der Waals surface area contributed by atoms with Gasteiger partial charge in [0, 0.05) is 5.69 Å². The van der Waals surface area contributed by atoms with Gasteiger partial charge in [-0.05, 0) is 36.9 Å². The number of halogens is 1. The Labute approximate surface area is 91.9 Å². The van der Waals surface area contributed by atoms with Gasteiger partial charge in [-0.2, -0.15) is 0 Å². The third-order valence-electron chi connectivity index (χ3n) is 2.80. The molecule has 0 amide bonds. The standard InChI is InChI=1S/C12H12FNO2/c1-6-7(2)14-12(15)9-4-10(13)11(16-3)5-8(6)9/h4-5H,1-3H3,(H,14,15). The number of benzene rings is 1. The van der Waals surface area contributed by atoms with Crippen molar-refractivity contribution in [2.75, 3.05) is 7.11 Å². The lowest BCUT2D eigenvalue weighted by atomic mass is 10.1. The summed E-state index contributed by atoms with van der Waals surface area (Å²) in [5.41, 5.74) is 1.43. The second-order valence-corrected chi connectivity index (χ2v) is 3.74. The van der Waals surface area contributed by atoms with E-state index >= 15 is 0 Å². The first-order chi connectivity index (χ1) is 7.54. The predicted octanol–water partition coefficient (Wildman–Crippen LogP) is 2.29. The van der Waals surface area contributed by atoms with Gasteiger partial charge in [0.15, 0.2) is 11.6 Å². The van der Waals surface area contributed by atoms with E-state index < -0.39 is 5.82 Å². The molecule has 1 aromatic carbocycles. The summed E-state index contributed by atoms with van der Waals surface area (Å²) in [6.07, 6.45) is 0. The van der Waals surface area contributed by atoms with Crippen molar-refractivity contribution < 1.29 is 9.13 Å². The van der Waals surface area contributed by atoms with E-state index in [0.717, 1.165) is 16.6 Å². The van der Waals surface area contributed by atoms with Crippen LogP contribution in [0.15, 0.2) is 16.9 Å². The molecular formula is C12H12FNO2. The summed E-state index contributed by atoms with van der Waals surface area (Å²) in [6, 6.07) is 2.77. The Morgan fingerprint density at radius 2 is 1.94 bits per heavy atom. The number of hydrogen-bond acceptors (Lipinski definition) is 2. The van der Waals surface area contributed by atoms with E-state index in [4.69, 9.17) is 4.74 Å². The zero-order valence-electron chi connectivity index (χ0n) is 9.35. The quantitative estimate of drug-likeness (QED) is 0.802. The predicted molar refractivity (Wildman–Crippen MR) is 60.6 cm³/mol. The van der Waals surface area contributed by atoms with Gasteiger partial charge in [-0.3, -0.25) is 4.79 Å². The van der Waals surface area contributed by atoms with E-state index in [1.165, 1.54) is 13.2 Å². The maximum absolute atomic E-state index is 13.5. The van der Waals surface area contributed by atoms with Crippen molar-refractivity contribution in [3.8, 4) is 5.75 Å². The van der Waals surface area contributed by atoms with Gasteiger partial charge in [0.25, 0.3) is 5.56 Å². The van der Waals surface area contributed by atoms with Crippen LogP contribution < -0.4 is 10.3 Å². The van der Waals surface area contributed by atoms with Crippen molar-refractivity contribution in [2.24, 2.45) is 0 Å². The van der Waals surface area contributed by atoms with Crippen LogP contribution in [0.4, 0.5) is 4.39 Å². The molecule has 84 valence electrons. The molecule has 0 aliphatic carbocycles. The first-order valence-corrected chi connectivity index (χ1v) is 4.91. The largest absolute Gasteiger partial charge is 0.494 e. The van der Waals surface area contributed by atoms with Crippen LogP contribution >= 0.6 is 0 Å². The number of aromatic amines is 1. The summed E-state index contributed by atoms with van der Waals surface area (Å²) < 4.78 is 18.4.